The molecular formula is C10H7Cl2N3O2S. The monoisotopic (exact) mass is 303 g/mol. The Morgan fingerprint density at radius 3 is 2.83 bits per heavy atom. The Bertz CT molecular complexity index is 588. The Morgan fingerprint density at radius 2 is 2.17 bits per heavy atom. The molecule has 1 amide bonds. The first-order chi connectivity index (χ1) is 8.60. The van der Waals surface area contributed by atoms with Crippen LogP contribution in [0.25, 0.3) is 10.6 Å². The van der Waals surface area contributed by atoms with Crippen LogP contribution in [0.2, 0.25) is 10.0 Å². The fourth-order valence-electron chi connectivity index (χ4n) is 1.18. The third-order valence-electron chi connectivity index (χ3n) is 1.98. The lowest BCUT2D eigenvalue weighted by Gasteiger charge is -1.99. The molecule has 0 aliphatic rings. The summed E-state index contributed by atoms with van der Waals surface area (Å²) in [6, 6.07) is 5.07. The van der Waals surface area contributed by atoms with Crippen LogP contribution in [-0.4, -0.2) is 23.4 Å². The number of halogens is 2. The van der Waals surface area contributed by atoms with Gasteiger partial charge >= 0.3 is 6.09 Å². The number of ether oxygens (including phenoxy) is 1. The van der Waals surface area contributed by atoms with E-state index in [2.05, 4.69) is 20.3 Å². The van der Waals surface area contributed by atoms with Gasteiger partial charge in [-0.05, 0) is 18.2 Å². The van der Waals surface area contributed by atoms with Gasteiger partial charge in [0.15, 0.2) is 5.01 Å². The largest absolute Gasteiger partial charge is 0.453 e. The van der Waals surface area contributed by atoms with Gasteiger partial charge in [-0.15, -0.1) is 10.2 Å². The number of anilines is 1. The van der Waals surface area contributed by atoms with E-state index in [9.17, 15) is 4.79 Å². The Balaban J connectivity index is 2.26. The Labute approximate surface area is 117 Å². The van der Waals surface area contributed by atoms with Gasteiger partial charge in [0.1, 0.15) is 0 Å². The van der Waals surface area contributed by atoms with Gasteiger partial charge in [0.2, 0.25) is 5.13 Å². The molecule has 5 nitrogen and oxygen atoms in total. The molecule has 8 heteroatoms. The molecule has 1 aromatic heterocycles. The van der Waals surface area contributed by atoms with Crippen LogP contribution in [0.4, 0.5) is 9.93 Å². The van der Waals surface area contributed by atoms with Crippen molar-refractivity contribution >= 4 is 45.8 Å². The summed E-state index contributed by atoms with van der Waals surface area (Å²) in [6.07, 6.45) is -0.597. The predicted molar refractivity (Wildman–Crippen MR) is 71.4 cm³/mol. The normalized spacial score (nSPS) is 10.2. The third-order valence-corrected chi connectivity index (χ3v) is 3.40. The van der Waals surface area contributed by atoms with E-state index in [1.807, 2.05) is 0 Å². The first-order valence-corrected chi connectivity index (χ1v) is 6.31. The maximum Gasteiger partial charge on any atom is 0.413 e. The fourth-order valence-corrected chi connectivity index (χ4v) is 2.51. The molecule has 0 aliphatic carbocycles. The van der Waals surface area contributed by atoms with Crippen LogP contribution >= 0.6 is 34.5 Å². The molecule has 0 atom stereocenters. The van der Waals surface area contributed by atoms with Crippen molar-refractivity contribution in [2.45, 2.75) is 0 Å². The maximum atomic E-state index is 11.0. The van der Waals surface area contributed by atoms with Crippen molar-refractivity contribution in [3.63, 3.8) is 0 Å². The molecule has 2 aromatic rings. The molecule has 18 heavy (non-hydrogen) atoms. The number of carbonyl (C=O) groups is 1. The van der Waals surface area contributed by atoms with Crippen molar-refractivity contribution in [1.29, 1.82) is 0 Å². The highest BCUT2D eigenvalue weighted by molar-refractivity contribution is 7.18. The molecule has 1 N–H and O–H groups in total. The number of benzene rings is 1. The second-order valence-electron chi connectivity index (χ2n) is 3.15. The minimum absolute atomic E-state index is 0.336. The number of carbonyl (C=O) groups excluding carboxylic acids is 1. The van der Waals surface area contributed by atoms with Crippen molar-refractivity contribution in [1.82, 2.24) is 10.2 Å². The van der Waals surface area contributed by atoms with Gasteiger partial charge in [0.25, 0.3) is 0 Å². The molecule has 0 fully saturated rings. The number of rotatable bonds is 2. The van der Waals surface area contributed by atoms with Gasteiger partial charge in [-0.2, -0.15) is 0 Å². The van der Waals surface area contributed by atoms with Crippen LogP contribution in [0.1, 0.15) is 0 Å². The van der Waals surface area contributed by atoms with E-state index in [0.29, 0.717) is 25.7 Å². The summed E-state index contributed by atoms with van der Waals surface area (Å²) in [7, 11) is 1.27. The topological polar surface area (TPSA) is 64.1 Å². The fraction of sp³-hybridized carbons (Fsp3) is 0.100. The van der Waals surface area contributed by atoms with Crippen molar-refractivity contribution < 1.29 is 9.53 Å². The van der Waals surface area contributed by atoms with Crippen molar-refractivity contribution in [3.05, 3.63) is 28.2 Å². The highest BCUT2D eigenvalue weighted by Gasteiger charge is 2.12. The zero-order chi connectivity index (χ0) is 13.1. The molecule has 0 unspecified atom stereocenters. The van der Waals surface area contributed by atoms with Gasteiger partial charge in [-0.3, -0.25) is 5.32 Å². The van der Waals surface area contributed by atoms with Crippen LogP contribution in [0.5, 0.6) is 0 Å². The quantitative estimate of drug-likeness (QED) is 0.919. The highest BCUT2D eigenvalue weighted by Crippen LogP contribution is 2.33. The number of nitrogens with zero attached hydrogens (tertiary/aromatic N) is 2. The molecule has 0 saturated carbocycles. The molecular weight excluding hydrogens is 297 g/mol. The lowest BCUT2D eigenvalue weighted by atomic mass is 10.2. The number of aromatic nitrogens is 2. The summed E-state index contributed by atoms with van der Waals surface area (Å²) in [5.41, 5.74) is 0.705. The van der Waals surface area contributed by atoms with Crippen LogP contribution in [0.3, 0.4) is 0 Å². The number of methoxy groups -OCH3 is 1. The molecule has 0 radical (unpaired) electrons. The second kappa shape index (κ2) is 5.51. The molecule has 94 valence electrons. The van der Waals surface area contributed by atoms with Crippen molar-refractivity contribution in [2.75, 3.05) is 12.4 Å². The van der Waals surface area contributed by atoms with Gasteiger partial charge in [-0.1, -0.05) is 34.5 Å². The van der Waals surface area contributed by atoms with E-state index in [1.54, 1.807) is 18.2 Å². The zero-order valence-corrected chi connectivity index (χ0v) is 11.4. The summed E-state index contributed by atoms with van der Waals surface area (Å²) >= 11 is 13.0. The molecule has 0 spiro atoms. The van der Waals surface area contributed by atoms with Gasteiger partial charge in [-0.25, -0.2) is 4.79 Å². The summed E-state index contributed by atoms with van der Waals surface area (Å²) in [5, 5.41) is 12.1. The molecule has 0 bridgehead atoms. The number of hydrogen-bond acceptors (Lipinski definition) is 5. The van der Waals surface area contributed by atoms with E-state index >= 15 is 0 Å². The maximum absolute atomic E-state index is 11.0. The summed E-state index contributed by atoms with van der Waals surface area (Å²) in [5.74, 6) is 0. The van der Waals surface area contributed by atoms with Crippen LogP contribution in [0, 0.1) is 0 Å². The molecule has 0 aliphatic heterocycles. The minimum Gasteiger partial charge on any atom is -0.453 e. The number of hydrogen-bond donors (Lipinski definition) is 1. The Hall–Kier alpha value is -1.37. The number of nitrogens with one attached hydrogen (secondary N) is 1. The van der Waals surface area contributed by atoms with E-state index in [1.165, 1.54) is 18.4 Å². The van der Waals surface area contributed by atoms with Crippen LogP contribution < -0.4 is 5.32 Å². The van der Waals surface area contributed by atoms with E-state index in [-0.39, 0.29) is 0 Å². The smallest absolute Gasteiger partial charge is 0.413 e. The van der Waals surface area contributed by atoms with Crippen molar-refractivity contribution in [3.8, 4) is 10.6 Å². The van der Waals surface area contributed by atoms with E-state index in [0.717, 1.165) is 0 Å². The second-order valence-corrected chi connectivity index (χ2v) is 4.97. The molecule has 2 rings (SSSR count). The van der Waals surface area contributed by atoms with Gasteiger partial charge < -0.3 is 4.74 Å². The lowest BCUT2D eigenvalue weighted by molar-refractivity contribution is 0.187. The average Bonchev–Trinajstić information content (AvgIpc) is 2.77. The van der Waals surface area contributed by atoms with Crippen molar-refractivity contribution in [2.24, 2.45) is 0 Å². The van der Waals surface area contributed by atoms with E-state index < -0.39 is 6.09 Å². The van der Waals surface area contributed by atoms with Crippen LogP contribution in [-0.2, 0) is 4.74 Å². The predicted octanol–water partition coefficient (Wildman–Crippen LogP) is 3.69. The van der Waals surface area contributed by atoms with E-state index in [4.69, 9.17) is 23.2 Å². The minimum atomic E-state index is -0.597. The number of amides is 1. The van der Waals surface area contributed by atoms with Crippen LogP contribution in [0.15, 0.2) is 18.2 Å². The third kappa shape index (κ3) is 2.90. The molecule has 0 saturated heterocycles. The summed E-state index contributed by atoms with van der Waals surface area (Å²) in [4.78, 5) is 11.0. The lowest BCUT2D eigenvalue weighted by Crippen LogP contribution is -2.10. The Kier molecular flexibility index (Phi) is 4.00. The molecule has 1 aromatic carbocycles. The first-order valence-electron chi connectivity index (χ1n) is 4.74. The standard InChI is InChI=1S/C10H7Cl2N3O2S/c1-17-10(16)13-9-15-14-8(18-9)6-3-2-5(11)4-7(6)12/h2-4H,1H3,(H,13,15,16). The summed E-state index contributed by atoms with van der Waals surface area (Å²) < 4.78 is 4.45. The average molecular weight is 304 g/mol. The molecule has 1 heterocycles. The zero-order valence-electron chi connectivity index (χ0n) is 9.11. The van der Waals surface area contributed by atoms with Gasteiger partial charge in [0, 0.05) is 10.6 Å². The summed E-state index contributed by atoms with van der Waals surface area (Å²) in [6.45, 7) is 0. The highest BCUT2D eigenvalue weighted by atomic mass is 35.5. The first kappa shape index (κ1) is 13.1. The SMILES string of the molecule is COC(=O)Nc1nnc(-c2ccc(Cl)cc2Cl)s1. The van der Waals surface area contributed by atoms with Gasteiger partial charge in [0.05, 0.1) is 12.1 Å². The Morgan fingerprint density at radius 1 is 1.39 bits per heavy atom.